The fourth-order valence-electron chi connectivity index (χ4n) is 2.49. The lowest BCUT2D eigenvalue weighted by Gasteiger charge is -2.32. The number of carbonyl (C=O) groups is 2. The first kappa shape index (κ1) is 17.0. The highest BCUT2D eigenvalue weighted by molar-refractivity contribution is 5.76. The Kier molecular flexibility index (Phi) is 7.59. The number of hydrogen-bond acceptors (Lipinski definition) is 3. The summed E-state index contributed by atoms with van der Waals surface area (Å²) in [6, 6.07) is 0. The predicted molar refractivity (Wildman–Crippen MR) is 76.4 cm³/mol. The number of hydrogen-bond donors (Lipinski definition) is 1. The number of carboxylic acid groups (broad SMARTS) is 1. The molecule has 0 saturated carbocycles. The molecule has 0 radical (unpaired) electrons. The van der Waals surface area contributed by atoms with Gasteiger partial charge in [-0.05, 0) is 31.1 Å². The number of rotatable bonds is 8. The highest BCUT2D eigenvalue weighted by atomic mass is 16.5. The number of ether oxygens (including phenoxy) is 1. The molecule has 1 amide bonds. The molecule has 5 nitrogen and oxygen atoms in total. The topological polar surface area (TPSA) is 66.8 Å². The van der Waals surface area contributed by atoms with Gasteiger partial charge in [-0.1, -0.05) is 13.8 Å². The minimum Gasteiger partial charge on any atom is -0.481 e. The normalized spacial score (nSPS) is 19.4. The summed E-state index contributed by atoms with van der Waals surface area (Å²) in [5.74, 6) is 0.199. The van der Waals surface area contributed by atoms with Crippen LogP contribution in [0.4, 0.5) is 0 Å². The lowest BCUT2D eigenvalue weighted by molar-refractivity contribution is -0.137. The van der Waals surface area contributed by atoms with Gasteiger partial charge in [0.05, 0.1) is 13.0 Å². The van der Waals surface area contributed by atoms with Crippen molar-refractivity contribution in [3.63, 3.8) is 0 Å². The van der Waals surface area contributed by atoms with Gasteiger partial charge in [-0.25, -0.2) is 0 Å². The van der Waals surface area contributed by atoms with E-state index >= 15 is 0 Å². The Hall–Kier alpha value is -1.10. The Morgan fingerprint density at radius 1 is 1.35 bits per heavy atom. The van der Waals surface area contributed by atoms with E-state index < -0.39 is 5.97 Å². The van der Waals surface area contributed by atoms with Crippen molar-refractivity contribution in [3.05, 3.63) is 0 Å². The molecule has 1 atom stereocenters. The average molecular weight is 285 g/mol. The number of piperidine rings is 1. The minimum atomic E-state index is -0.754. The molecule has 0 aromatic heterocycles. The SMILES string of the molecule is CC(C)COCCC(=O)N1CCC[C@@H](CCC(=O)O)C1. The van der Waals surface area contributed by atoms with Gasteiger partial charge in [0.15, 0.2) is 0 Å². The van der Waals surface area contributed by atoms with E-state index in [0.717, 1.165) is 19.4 Å². The molecule has 5 heteroatoms. The maximum absolute atomic E-state index is 12.1. The van der Waals surface area contributed by atoms with Crippen LogP contribution in [-0.2, 0) is 14.3 Å². The second kappa shape index (κ2) is 8.95. The molecule has 1 saturated heterocycles. The molecular weight excluding hydrogens is 258 g/mol. The molecule has 0 aromatic rings. The van der Waals surface area contributed by atoms with Crippen molar-refractivity contribution in [2.75, 3.05) is 26.3 Å². The van der Waals surface area contributed by atoms with E-state index in [1.807, 2.05) is 4.90 Å². The summed E-state index contributed by atoms with van der Waals surface area (Å²) in [5.41, 5.74) is 0. The van der Waals surface area contributed by atoms with Crippen LogP contribution in [-0.4, -0.2) is 48.2 Å². The van der Waals surface area contributed by atoms with Crippen molar-refractivity contribution >= 4 is 11.9 Å². The molecule has 0 unspecified atom stereocenters. The first-order valence-electron chi connectivity index (χ1n) is 7.56. The Morgan fingerprint density at radius 2 is 2.10 bits per heavy atom. The quantitative estimate of drug-likeness (QED) is 0.694. The fraction of sp³-hybridized carbons (Fsp3) is 0.867. The van der Waals surface area contributed by atoms with Gasteiger partial charge in [0.25, 0.3) is 0 Å². The molecular formula is C15H27NO4. The Balaban J connectivity index is 2.23. The van der Waals surface area contributed by atoms with Crippen LogP contribution in [0.5, 0.6) is 0 Å². The summed E-state index contributed by atoms with van der Waals surface area (Å²) in [6.07, 6.45) is 3.30. The average Bonchev–Trinajstić information content (AvgIpc) is 2.41. The molecule has 0 bridgehead atoms. The molecule has 1 aliphatic rings. The minimum absolute atomic E-state index is 0.133. The molecule has 1 fully saturated rings. The second-order valence-corrected chi connectivity index (χ2v) is 6.00. The zero-order chi connectivity index (χ0) is 15.0. The van der Waals surface area contributed by atoms with Crippen LogP contribution in [0, 0.1) is 11.8 Å². The van der Waals surface area contributed by atoms with Crippen molar-refractivity contribution in [1.82, 2.24) is 4.90 Å². The van der Waals surface area contributed by atoms with Crippen LogP contribution in [0.25, 0.3) is 0 Å². The number of aliphatic carboxylic acids is 1. The highest BCUT2D eigenvalue weighted by Crippen LogP contribution is 2.21. The molecule has 1 aliphatic heterocycles. The van der Waals surface area contributed by atoms with Crippen molar-refractivity contribution in [2.45, 2.75) is 46.0 Å². The van der Waals surface area contributed by atoms with E-state index in [2.05, 4.69) is 13.8 Å². The van der Waals surface area contributed by atoms with Gasteiger partial charge >= 0.3 is 5.97 Å². The summed E-state index contributed by atoms with van der Waals surface area (Å²) in [4.78, 5) is 24.5. The number of carboxylic acids is 1. The Morgan fingerprint density at radius 3 is 2.75 bits per heavy atom. The molecule has 116 valence electrons. The summed E-state index contributed by atoms with van der Waals surface area (Å²) in [7, 11) is 0. The summed E-state index contributed by atoms with van der Waals surface area (Å²) in [6.45, 7) is 6.84. The first-order chi connectivity index (χ1) is 9.49. The molecule has 0 aliphatic carbocycles. The van der Waals surface area contributed by atoms with E-state index in [1.54, 1.807) is 0 Å². The van der Waals surface area contributed by atoms with E-state index in [-0.39, 0.29) is 12.3 Å². The van der Waals surface area contributed by atoms with Gasteiger partial charge in [-0.15, -0.1) is 0 Å². The van der Waals surface area contributed by atoms with Crippen molar-refractivity contribution in [3.8, 4) is 0 Å². The largest absolute Gasteiger partial charge is 0.481 e. The zero-order valence-corrected chi connectivity index (χ0v) is 12.6. The summed E-state index contributed by atoms with van der Waals surface area (Å²) < 4.78 is 5.44. The van der Waals surface area contributed by atoms with Crippen LogP contribution in [0.1, 0.15) is 46.0 Å². The maximum Gasteiger partial charge on any atom is 0.303 e. The Bertz CT molecular complexity index is 317. The highest BCUT2D eigenvalue weighted by Gasteiger charge is 2.23. The monoisotopic (exact) mass is 285 g/mol. The fourth-order valence-corrected chi connectivity index (χ4v) is 2.49. The molecule has 1 heterocycles. The molecule has 0 aromatic carbocycles. The lowest BCUT2D eigenvalue weighted by atomic mass is 9.93. The third-order valence-corrected chi connectivity index (χ3v) is 3.55. The van der Waals surface area contributed by atoms with Crippen LogP contribution < -0.4 is 0 Å². The lowest BCUT2D eigenvalue weighted by Crippen LogP contribution is -2.40. The van der Waals surface area contributed by atoms with Gasteiger partial charge in [-0.2, -0.15) is 0 Å². The number of amides is 1. The standard InChI is InChI=1S/C15H27NO4/c1-12(2)11-20-9-7-14(17)16-8-3-4-13(10-16)5-6-15(18)19/h12-13H,3-11H2,1-2H3,(H,18,19)/t13-/m0/s1. The smallest absolute Gasteiger partial charge is 0.303 e. The third-order valence-electron chi connectivity index (χ3n) is 3.55. The molecule has 0 spiro atoms. The summed E-state index contributed by atoms with van der Waals surface area (Å²) >= 11 is 0. The van der Waals surface area contributed by atoms with E-state index in [9.17, 15) is 9.59 Å². The molecule has 20 heavy (non-hydrogen) atoms. The van der Waals surface area contributed by atoms with Crippen molar-refractivity contribution in [2.24, 2.45) is 11.8 Å². The third kappa shape index (κ3) is 6.89. The van der Waals surface area contributed by atoms with E-state index in [0.29, 0.717) is 44.4 Å². The van der Waals surface area contributed by atoms with Gasteiger partial charge in [0, 0.05) is 26.1 Å². The molecule has 1 N–H and O–H groups in total. The van der Waals surface area contributed by atoms with Crippen LogP contribution in [0.3, 0.4) is 0 Å². The van der Waals surface area contributed by atoms with E-state index in [1.165, 1.54) is 0 Å². The second-order valence-electron chi connectivity index (χ2n) is 6.00. The van der Waals surface area contributed by atoms with Crippen LogP contribution in [0.2, 0.25) is 0 Å². The predicted octanol–water partition coefficient (Wildman–Crippen LogP) is 2.15. The van der Waals surface area contributed by atoms with Gasteiger partial charge < -0.3 is 14.7 Å². The van der Waals surface area contributed by atoms with Gasteiger partial charge in [0.2, 0.25) is 5.91 Å². The van der Waals surface area contributed by atoms with E-state index in [4.69, 9.17) is 9.84 Å². The number of carbonyl (C=O) groups excluding carboxylic acids is 1. The van der Waals surface area contributed by atoms with Crippen LogP contribution >= 0.6 is 0 Å². The summed E-state index contributed by atoms with van der Waals surface area (Å²) in [5, 5.41) is 8.71. The van der Waals surface area contributed by atoms with Crippen molar-refractivity contribution in [1.29, 1.82) is 0 Å². The zero-order valence-electron chi connectivity index (χ0n) is 12.6. The van der Waals surface area contributed by atoms with Gasteiger partial charge in [0.1, 0.15) is 0 Å². The van der Waals surface area contributed by atoms with Crippen LogP contribution in [0.15, 0.2) is 0 Å². The molecule has 1 rings (SSSR count). The van der Waals surface area contributed by atoms with Crippen molar-refractivity contribution < 1.29 is 19.4 Å². The number of likely N-dealkylation sites (tertiary alicyclic amines) is 1. The Labute approximate surface area is 121 Å². The number of nitrogens with zero attached hydrogens (tertiary/aromatic N) is 1. The van der Waals surface area contributed by atoms with Gasteiger partial charge in [-0.3, -0.25) is 9.59 Å². The maximum atomic E-state index is 12.1. The first-order valence-corrected chi connectivity index (χ1v) is 7.56.